The smallest absolute Gasteiger partial charge is 0.271 e. The Kier molecular flexibility index (Phi) is 7.02. The summed E-state index contributed by atoms with van der Waals surface area (Å²) in [6.07, 6.45) is 1.59. The molecule has 0 aliphatic rings. The van der Waals surface area contributed by atoms with Gasteiger partial charge in [0.1, 0.15) is 18.1 Å². The molecule has 0 aliphatic heterocycles. The first-order valence-corrected chi connectivity index (χ1v) is 9.67. The molecule has 0 unspecified atom stereocenters. The van der Waals surface area contributed by atoms with Gasteiger partial charge in [-0.2, -0.15) is 5.10 Å². The Morgan fingerprint density at radius 1 is 1.07 bits per heavy atom. The van der Waals surface area contributed by atoms with Crippen molar-refractivity contribution in [3.05, 3.63) is 93.1 Å². The topological polar surface area (TPSA) is 59.9 Å². The predicted octanol–water partition coefficient (Wildman–Crippen LogP) is 4.64. The number of methoxy groups -OCH3 is 1. The van der Waals surface area contributed by atoms with Gasteiger partial charge in [-0.3, -0.25) is 4.79 Å². The molecule has 3 aromatic rings. The zero-order valence-electron chi connectivity index (χ0n) is 15.3. The highest BCUT2D eigenvalue weighted by Gasteiger charge is 2.07. The molecule has 0 aromatic heterocycles. The normalized spacial score (nSPS) is 10.6. The third-order valence-corrected chi connectivity index (χ3v) is 4.77. The minimum Gasteiger partial charge on any atom is -0.496 e. The lowest BCUT2D eigenvalue weighted by Crippen LogP contribution is -2.17. The second-order valence-corrected chi connectivity index (χ2v) is 7.05. The first-order chi connectivity index (χ1) is 13.7. The predicted molar refractivity (Wildman–Crippen MR) is 118 cm³/mol. The van der Waals surface area contributed by atoms with Gasteiger partial charge in [0.2, 0.25) is 0 Å². The van der Waals surface area contributed by atoms with Gasteiger partial charge in [-0.15, -0.1) is 0 Å². The second-order valence-electron chi connectivity index (χ2n) is 5.89. The van der Waals surface area contributed by atoms with Crippen LogP contribution in [0.15, 0.2) is 77.9 Å². The van der Waals surface area contributed by atoms with Gasteiger partial charge in [0.05, 0.1) is 16.9 Å². The number of nitrogens with one attached hydrogen (secondary N) is 1. The van der Waals surface area contributed by atoms with E-state index < -0.39 is 0 Å². The Labute approximate surface area is 177 Å². The largest absolute Gasteiger partial charge is 0.496 e. The van der Waals surface area contributed by atoms with Crippen LogP contribution in [0.4, 0.5) is 0 Å². The van der Waals surface area contributed by atoms with Crippen molar-refractivity contribution < 1.29 is 14.3 Å². The summed E-state index contributed by atoms with van der Waals surface area (Å²) in [5.41, 5.74) is 5.02. The van der Waals surface area contributed by atoms with Crippen molar-refractivity contribution in [1.29, 1.82) is 0 Å². The Morgan fingerprint density at radius 3 is 2.50 bits per heavy atom. The molecule has 3 rings (SSSR count). The highest BCUT2D eigenvalue weighted by molar-refractivity contribution is 14.1. The molecule has 6 heteroatoms. The zero-order valence-corrected chi connectivity index (χ0v) is 17.4. The summed E-state index contributed by atoms with van der Waals surface area (Å²) >= 11 is 2.12. The summed E-state index contributed by atoms with van der Waals surface area (Å²) in [4.78, 5) is 12.2. The maximum atomic E-state index is 12.2. The van der Waals surface area contributed by atoms with E-state index in [4.69, 9.17) is 9.47 Å². The molecule has 0 saturated heterocycles. The number of hydrogen-bond donors (Lipinski definition) is 1. The fourth-order valence-electron chi connectivity index (χ4n) is 2.43. The number of carbonyl (C=O) groups is 1. The average molecular weight is 486 g/mol. The zero-order chi connectivity index (χ0) is 19.8. The molecule has 0 atom stereocenters. The highest BCUT2D eigenvalue weighted by atomic mass is 127. The summed E-state index contributed by atoms with van der Waals surface area (Å²) in [5, 5.41) is 4.01. The van der Waals surface area contributed by atoms with E-state index in [1.165, 1.54) is 0 Å². The van der Waals surface area contributed by atoms with E-state index in [0.717, 1.165) is 26.2 Å². The van der Waals surface area contributed by atoms with E-state index >= 15 is 0 Å². The van der Waals surface area contributed by atoms with Gasteiger partial charge in [-0.05, 0) is 76.2 Å². The maximum Gasteiger partial charge on any atom is 0.271 e. The molecule has 1 amide bonds. The van der Waals surface area contributed by atoms with Crippen LogP contribution in [0, 0.1) is 3.57 Å². The molecule has 0 spiro atoms. The third kappa shape index (κ3) is 5.56. The van der Waals surface area contributed by atoms with E-state index in [0.29, 0.717) is 12.2 Å². The molecule has 0 fully saturated rings. The molecule has 0 heterocycles. The quantitative estimate of drug-likeness (QED) is 0.301. The Balaban J connectivity index is 1.52. The van der Waals surface area contributed by atoms with Crippen LogP contribution in [0.1, 0.15) is 21.5 Å². The summed E-state index contributed by atoms with van der Waals surface area (Å²) < 4.78 is 11.8. The summed E-state index contributed by atoms with van der Waals surface area (Å²) in [5.74, 6) is 1.23. The number of carbonyl (C=O) groups excluding carboxylic acids is 1. The Morgan fingerprint density at radius 2 is 1.82 bits per heavy atom. The molecular weight excluding hydrogens is 467 g/mol. The molecular formula is C22H19IN2O3. The van der Waals surface area contributed by atoms with Gasteiger partial charge < -0.3 is 9.47 Å². The first kappa shape index (κ1) is 19.9. The van der Waals surface area contributed by atoms with Crippen LogP contribution in [0.3, 0.4) is 0 Å². The molecule has 0 aliphatic carbocycles. The van der Waals surface area contributed by atoms with Crippen molar-refractivity contribution in [1.82, 2.24) is 5.43 Å². The van der Waals surface area contributed by atoms with E-state index in [1.807, 2.05) is 54.6 Å². The van der Waals surface area contributed by atoms with Crippen LogP contribution >= 0.6 is 22.6 Å². The molecule has 1 N–H and O–H groups in total. The molecule has 5 nitrogen and oxygen atoms in total. The molecule has 0 saturated carbocycles. The molecule has 0 radical (unpaired) electrons. The average Bonchev–Trinajstić information content (AvgIpc) is 2.73. The summed E-state index contributed by atoms with van der Waals surface area (Å²) in [6, 6.07) is 22.7. The molecule has 142 valence electrons. The maximum absolute atomic E-state index is 12.2. The van der Waals surface area contributed by atoms with Gasteiger partial charge >= 0.3 is 0 Å². The fraction of sp³-hybridized carbons (Fsp3) is 0.0909. The number of halogens is 1. The van der Waals surface area contributed by atoms with Gasteiger partial charge in [0.25, 0.3) is 5.91 Å². The number of hydrazone groups is 1. The second kappa shape index (κ2) is 9.89. The lowest BCUT2D eigenvalue weighted by atomic mass is 10.2. The Bertz CT molecular complexity index is 957. The van der Waals surface area contributed by atoms with Crippen molar-refractivity contribution in [3.8, 4) is 11.5 Å². The van der Waals surface area contributed by atoms with Gasteiger partial charge in [-0.25, -0.2) is 5.43 Å². The van der Waals surface area contributed by atoms with Gasteiger partial charge in [0.15, 0.2) is 0 Å². The number of ether oxygens (including phenoxy) is 2. The number of benzene rings is 3. The number of amides is 1. The number of rotatable bonds is 7. The molecule has 0 bridgehead atoms. The van der Waals surface area contributed by atoms with Gasteiger partial charge in [0, 0.05) is 5.56 Å². The van der Waals surface area contributed by atoms with Crippen molar-refractivity contribution >= 4 is 34.7 Å². The lowest BCUT2D eigenvalue weighted by Gasteiger charge is -2.06. The van der Waals surface area contributed by atoms with Crippen LogP contribution < -0.4 is 14.9 Å². The lowest BCUT2D eigenvalue weighted by molar-refractivity contribution is 0.0955. The SMILES string of the molecule is COc1ccc(C(=O)N/N=C/c2ccc(OCc3ccccc3)cc2)cc1I. The summed E-state index contributed by atoms with van der Waals surface area (Å²) in [7, 11) is 1.60. The minimum absolute atomic E-state index is 0.278. The van der Waals surface area contributed by atoms with Crippen molar-refractivity contribution in [2.45, 2.75) is 6.61 Å². The molecule has 28 heavy (non-hydrogen) atoms. The van der Waals surface area contributed by atoms with Crippen molar-refractivity contribution in [2.24, 2.45) is 5.10 Å². The fourth-order valence-corrected chi connectivity index (χ4v) is 3.16. The third-order valence-electron chi connectivity index (χ3n) is 3.92. The van der Waals surface area contributed by atoms with Crippen LogP contribution in [0.5, 0.6) is 11.5 Å². The number of hydrogen-bond acceptors (Lipinski definition) is 4. The van der Waals surface area contributed by atoms with E-state index in [2.05, 4.69) is 33.1 Å². The van der Waals surface area contributed by atoms with Crippen molar-refractivity contribution in [3.63, 3.8) is 0 Å². The van der Waals surface area contributed by atoms with Crippen LogP contribution in [0.2, 0.25) is 0 Å². The standard InChI is InChI=1S/C22H19IN2O3/c1-27-21-12-9-18(13-20(21)23)22(26)25-24-14-16-7-10-19(11-8-16)28-15-17-5-3-2-4-6-17/h2-14H,15H2,1H3,(H,25,26)/b24-14+. The highest BCUT2D eigenvalue weighted by Crippen LogP contribution is 2.21. The summed E-state index contributed by atoms with van der Waals surface area (Å²) in [6.45, 7) is 0.519. The minimum atomic E-state index is -0.278. The number of nitrogens with zero attached hydrogens (tertiary/aromatic N) is 1. The Hall–Kier alpha value is -2.87. The van der Waals surface area contributed by atoms with Crippen LogP contribution in [-0.4, -0.2) is 19.2 Å². The van der Waals surface area contributed by atoms with Crippen molar-refractivity contribution in [2.75, 3.05) is 7.11 Å². The van der Waals surface area contributed by atoms with Crippen LogP contribution in [-0.2, 0) is 6.61 Å². The molecule has 3 aromatic carbocycles. The first-order valence-electron chi connectivity index (χ1n) is 8.59. The van der Waals surface area contributed by atoms with E-state index in [-0.39, 0.29) is 5.91 Å². The van der Waals surface area contributed by atoms with Crippen LogP contribution in [0.25, 0.3) is 0 Å². The van der Waals surface area contributed by atoms with E-state index in [1.54, 1.807) is 31.5 Å². The van der Waals surface area contributed by atoms with E-state index in [9.17, 15) is 4.79 Å². The monoisotopic (exact) mass is 486 g/mol. The van der Waals surface area contributed by atoms with Gasteiger partial charge in [-0.1, -0.05) is 30.3 Å².